The van der Waals surface area contributed by atoms with Crippen molar-refractivity contribution in [1.82, 2.24) is 9.97 Å². The van der Waals surface area contributed by atoms with Crippen LogP contribution in [0.15, 0.2) is 6.07 Å². The molecule has 0 aromatic carbocycles. The molecule has 102 valence electrons. The first-order chi connectivity index (χ1) is 8.65. The first kappa shape index (κ1) is 14.8. The summed E-state index contributed by atoms with van der Waals surface area (Å²) >= 11 is 0. The highest BCUT2D eigenvalue weighted by Crippen LogP contribution is 2.08. The lowest BCUT2D eigenvalue weighted by atomic mass is 10.3. The number of nitrogens with zero attached hydrogens (tertiary/aromatic N) is 2. The van der Waals surface area contributed by atoms with Gasteiger partial charge in [-0.05, 0) is 13.3 Å². The van der Waals surface area contributed by atoms with Crippen molar-refractivity contribution in [2.24, 2.45) is 0 Å². The van der Waals surface area contributed by atoms with Crippen molar-refractivity contribution in [2.45, 2.75) is 33.1 Å². The van der Waals surface area contributed by atoms with Crippen LogP contribution in [0.2, 0.25) is 0 Å². The van der Waals surface area contributed by atoms with Crippen LogP contribution in [0.5, 0.6) is 0 Å². The molecule has 0 amide bonds. The number of alkyl halides is 2. The molecule has 0 atom stereocenters. The molecule has 18 heavy (non-hydrogen) atoms. The summed E-state index contributed by atoms with van der Waals surface area (Å²) in [6.45, 7) is 4.45. The Kier molecular flexibility index (Phi) is 6.49. The lowest BCUT2D eigenvalue weighted by Crippen LogP contribution is -2.11. The van der Waals surface area contributed by atoms with Gasteiger partial charge in [-0.15, -0.1) is 0 Å². The van der Waals surface area contributed by atoms with Crippen molar-refractivity contribution in [3.63, 3.8) is 0 Å². The molecule has 0 fully saturated rings. The summed E-state index contributed by atoms with van der Waals surface area (Å²) in [5, 5.41) is 3.12. The summed E-state index contributed by atoms with van der Waals surface area (Å²) in [4.78, 5) is 8.63. The summed E-state index contributed by atoms with van der Waals surface area (Å²) in [5.41, 5.74) is 0.935. The van der Waals surface area contributed by atoms with E-state index in [1.807, 2.05) is 19.9 Å². The van der Waals surface area contributed by atoms with E-state index in [1.54, 1.807) is 0 Å². The predicted octanol–water partition coefficient (Wildman–Crippen LogP) is 2.29. The number of nitrogens with one attached hydrogen (secondary N) is 1. The van der Waals surface area contributed by atoms with Crippen LogP contribution in [-0.4, -0.2) is 36.2 Å². The molecular formula is C12H19F2N3O. The molecule has 0 saturated heterocycles. The van der Waals surface area contributed by atoms with Gasteiger partial charge in [0.1, 0.15) is 18.2 Å². The third-order valence-electron chi connectivity index (χ3n) is 2.26. The Morgan fingerprint density at radius 3 is 2.72 bits per heavy atom. The lowest BCUT2D eigenvalue weighted by Gasteiger charge is -2.08. The number of rotatable bonds is 8. The average Bonchev–Trinajstić information content (AvgIpc) is 2.34. The van der Waals surface area contributed by atoms with Crippen LogP contribution in [0.1, 0.15) is 25.4 Å². The van der Waals surface area contributed by atoms with E-state index < -0.39 is 13.0 Å². The summed E-state index contributed by atoms with van der Waals surface area (Å²) in [6.07, 6.45) is -1.17. The van der Waals surface area contributed by atoms with Crippen LogP contribution in [-0.2, 0) is 17.6 Å². The van der Waals surface area contributed by atoms with E-state index >= 15 is 0 Å². The molecule has 0 spiro atoms. The van der Waals surface area contributed by atoms with E-state index in [1.165, 1.54) is 0 Å². The van der Waals surface area contributed by atoms with Gasteiger partial charge in [0.2, 0.25) is 0 Å². The maximum absolute atomic E-state index is 11.9. The molecule has 6 heteroatoms. The second-order valence-electron chi connectivity index (χ2n) is 3.76. The second-order valence-corrected chi connectivity index (χ2v) is 3.76. The Morgan fingerprint density at radius 1 is 1.33 bits per heavy atom. The van der Waals surface area contributed by atoms with Gasteiger partial charge in [0.25, 0.3) is 6.43 Å². The summed E-state index contributed by atoms with van der Waals surface area (Å²) < 4.78 is 28.6. The quantitative estimate of drug-likeness (QED) is 0.728. The van der Waals surface area contributed by atoms with Gasteiger partial charge in [0.15, 0.2) is 0 Å². The van der Waals surface area contributed by atoms with Crippen molar-refractivity contribution in [2.75, 3.05) is 25.1 Å². The van der Waals surface area contributed by atoms with Gasteiger partial charge in [-0.3, -0.25) is 0 Å². The van der Waals surface area contributed by atoms with Crippen LogP contribution < -0.4 is 5.32 Å². The minimum absolute atomic E-state index is 0.211. The maximum Gasteiger partial charge on any atom is 0.261 e. The van der Waals surface area contributed by atoms with E-state index in [9.17, 15) is 8.78 Å². The van der Waals surface area contributed by atoms with Crippen LogP contribution in [0.3, 0.4) is 0 Å². The van der Waals surface area contributed by atoms with Gasteiger partial charge in [-0.2, -0.15) is 0 Å². The Labute approximate surface area is 106 Å². The molecule has 1 aromatic heterocycles. The fraction of sp³-hybridized carbons (Fsp3) is 0.667. The number of halogens is 2. The first-order valence-electron chi connectivity index (χ1n) is 6.12. The number of ether oxygens (including phenoxy) is 1. The molecule has 0 aliphatic heterocycles. The van der Waals surface area contributed by atoms with Gasteiger partial charge in [0.05, 0.1) is 6.61 Å². The monoisotopic (exact) mass is 259 g/mol. The Hall–Kier alpha value is -1.30. The molecule has 1 rings (SSSR count). The Bertz CT molecular complexity index is 361. The molecule has 0 unspecified atom stereocenters. The van der Waals surface area contributed by atoms with Crippen molar-refractivity contribution in [3.05, 3.63) is 17.6 Å². The summed E-state index contributed by atoms with van der Waals surface area (Å²) in [6, 6.07) is 1.90. The van der Waals surface area contributed by atoms with E-state index in [4.69, 9.17) is 4.74 Å². The largest absolute Gasteiger partial charge is 0.375 e. The molecule has 0 bridgehead atoms. The van der Waals surface area contributed by atoms with Gasteiger partial charge in [0, 0.05) is 24.7 Å². The Balaban J connectivity index is 2.55. The van der Waals surface area contributed by atoms with E-state index in [0.717, 1.165) is 24.5 Å². The third kappa shape index (κ3) is 5.35. The zero-order valence-electron chi connectivity index (χ0n) is 10.7. The summed E-state index contributed by atoms with van der Waals surface area (Å²) in [7, 11) is 0. The fourth-order valence-corrected chi connectivity index (χ4v) is 1.45. The second kappa shape index (κ2) is 7.92. The van der Waals surface area contributed by atoms with Crippen LogP contribution in [0.25, 0.3) is 0 Å². The zero-order chi connectivity index (χ0) is 13.4. The van der Waals surface area contributed by atoms with Crippen LogP contribution in [0, 0.1) is 0 Å². The molecular weight excluding hydrogens is 240 g/mol. The normalized spacial score (nSPS) is 10.9. The number of anilines is 1. The van der Waals surface area contributed by atoms with Gasteiger partial charge in [-0.25, -0.2) is 18.7 Å². The SMILES string of the molecule is CCNc1cc(CC)nc(CCOCC(F)F)n1. The van der Waals surface area contributed by atoms with Gasteiger partial charge < -0.3 is 10.1 Å². The topological polar surface area (TPSA) is 47.0 Å². The van der Waals surface area contributed by atoms with Crippen molar-refractivity contribution in [1.29, 1.82) is 0 Å². The number of aromatic nitrogens is 2. The van der Waals surface area contributed by atoms with Crippen molar-refractivity contribution in [3.8, 4) is 0 Å². The average molecular weight is 259 g/mol. The third-order valence-corrected chi connectivity index (χ3v) is 2.26. The maximum atomic E-state index is 11.9. The zero-order valence-corrected chi connectivity index (χ0v) is 10.7. The first-order valence-corrected chi connectivity index (χ1v) is 6.12. The minimum Gasteiger partial charge on any atom is -0.375 e. The fourth-order valence-electron chi connectivity index (χ4n) is 1.45. The van der Waals surface area contributed by atoms with Crippen molar-refractivity contribution < 1.29 is 13.5 Å². The lowest BCUT2D eigenvalue weighted by molar-refractivity contribution is 0.0183. The standard InChI is InChI=1S/C12H19F2N3O/c1-3-9-7-12(15-4-2)17-11(16-9)5-6-18-8-10(13)14/h7,10H,3-6,8H2,1-2H3,(H,15,16,17). The molecule has 0 aliphatic rings. The molecule has 4 nitrogen and oxygen atoms in total. The Morgan fingerprint density at radius 2 is 2.11 bits per heavy atom. The molecule has 1 N–H and O–H groups in total. The van der Waals surface area contributed by atoms with Crippen LogP contribution >= 0.6 is 0 Å². The smallest absolute Gasteiger partial charge is 0.261 e. The number of aryl methyl sites for hydroxylation is 1. The molecule has 0 radical (unpaired) electrons. The van der Waals surface area contributed by atoms with E-state index in [2.05, 4.69) is 15.3 Å². The number of hydrogen-bond acceptors (Lipinski definition) is 4. The van der Waals surface area contributed by atoms with E-state index in [0.29, 0.717) is 12.2 Å². The predicted molar refractivity (Wildman–Crippen MR) is 66.1 cm³/mol. The molecule has 0 saturated carbocycles. The molecule has 0 aliphatic carbocycles. The van der Waals surface area contributed by atoms with Crippen molar-refractivity contribution >= 4 is 5.82 Å². The highest BCUT2D eigenvalue weighted by atomic mass is 19.3. The summed E-state index contributed by atoms with van der Waals surface area (Å²) in [5.74, 6) is 1.40. The minimum atomic E-state index is -2.43. The highest BCUT2D eigenvalue weighted by molar-refractivity contribution is 5.35. The molecule has 1 aromatic rings. The number of hydrogen-bond donors (Lipinski definition) is 1. The van der Waals surface area contributed by atoms with Gasteiger partial charge >= 0.3 is 0 Å². The van der Waals surface area contributed by atoms with Gasteiger partial charge in [-0.1, -0.05) is 6.92 Å². The highest BCUT2D eigenvalue weighted by Gasteiger charge is 2.05. The molecule has 1 heterocycles. The van der Waals surface area contributed by atoms with Crippen LogP contribution in [0.4, 0.5) is 14.6 Å². The van der Waals surface area contributed by atoms with E-state index in [-0.39, 0.29) is 6.61 Å².